The minimum absolute atomic E-state index is 0.0668. The van der Waals surface area contributed by atoms with E-state index in [4.69, 9.17) is 4.74 Å². The third-order valence-electron chi connectivity index (χ3n) is 3.50. The molecule has 1 fully saturated rings. The second-order valence-corrected chi connectivity index (χ2v) is 5.05. The Morgan fingerprint density at radius 3 is 2.90 bits per heavy atom. The Balaban J connectivity index is 2.17. The topological polar surface area (TPSA) is 67.6 Å². The third-order valence-corrected chi connectivity index (χ3v) is 3.50. The van der Waals surface area contributed by atoms with Gasteiger partial charge in [-0.15, -0.1) is 0 Å². The van der Waals surface area contributed by atoms with Crippen molar-refractivity contribution in [1.82, 2.24) is 5.32 Å². The largest absolute Gasteiger partial charge is 0.494 e. The molecule has 1 saturated heterocycles. The van der Waals surface area contributed by atoms with E-state index in [9.17, 15) is 10.1 Å². The van der Waals surface area contributed by atoms with Crippen LogP contribution in [0.5, 0.6) is 5.75 Å². The summed E-state index contributed by atoms with van der Waals surface area (Å²) in [7, 11) is 1.95. The summed E-state index contributed by atoms with van der Waals surface area (Å²) in [5.74, 6) is 0.544. The maximum absolute atomic E-state index is 11.0. The van der Waals surface area contributed by atoms with Crippen LogP contribution in [-0.2, 0) is 0 Å². The number of nitro benzene ring substituents is 1. The highest BCUT2D eigenvalue weighted by Gasteiger charge is 2.18. The van der Waals surface area contributed by atoms with Crippen LogP contribution in [-0.4, -0.2) is 37.7 Å². The number of anilines is 1. The molecule has 1 aromatic rings. The Bertz CT molecular complexity index is 473. The van der Waals surface area contributed by atoms with Crippen molar-refractivity contribution in [3.05, 3.63) is 28.3 Å². The number of non-ortho nitro benzene ring substituents is 1. The quantitative estimate of drug-likeness (QED) is 0.638. The lowest BCUT2D eigenvalue weighted by molar-refractivity contribution is -0.384. The van der Waals surface area contributed by atoms with Gasteiger partial charge >= 0.3 is 0 Å². The molecule has 2 rings (SSSR count). The Hall–Kier alpha value is -1.82. The highest BCUT2D eigenvalue weighted by molar-refractivity contribution is 5.57. The van der Waals surface area contributed by atoms with Gasteiger partial charge in [0.15, 0.2) is 0 Å². The van der Waals surface area contributed by atoms with Gasteiger partial charge in [0.2, 0.25) is 0 Å². The zero-order valence-corrected chi connectivity index (χ0v) is 12.0. The summed E-state index contributed by atoms with van der Waals surface area (Å²) in [6.07, 6.45) is 2.34. The van der Waals surface area contributed by atoms with Crippen LogP contribution >= 0.6 is 0 Å². The van der Waals surface area contributed by atoms with Crippen LogP contribution in [0.4, 0.5) is 11.4 Å². The summed E-state index contributed by atoms with van der Waals surface area (Å²) in [4.78, 5) is 12.7. The number of hydrogen-bond acceptors (Lipinski definition) is 5. The molecule has 0 saturated carbocycles. The van der Waals surface area contributed by atoms with Gasteiger partial charge < -0.3 is 15.0 Å². The zero-order valence-electron chi connectivity index (χ0n) is 12.0. The lowest BCUT2D eigenvalue weighted by Gasteiger charge is -2.23. The van der Waals surface area contributed by atoms with E-state index in [1.807, 2.05) is 24.9 Å². The summed E-state index contributed by atoms with van der Waals surface area (Å²) < 4.78 is 5.41. The van der Waals surface area contributed by atoms with E-state index in [0.29, 0.717) is 18.4 Å². The van der Waals surface area contributed by atoms with Crippen LogP contribution in [0.1, 0.15) is 19.8 Å². The van der Waals surface area contributed by atoms with Crippen molar-refractivity contribution in [2.75, 3.05) is 31.6 Å². The van der Waals surface area contributed by atoms with Gasteiger partial charge in [-0.2, -0.15) is 0 Å². The van der Waals surface area contributed by atoms with Gasteiger partial charge in [0, 0.05) is 37.5 Å². The van der Waals surface area contributed by atoms with E-state index in [2.05, 4.69) is 5.32 Å². The van der Waals surface area contributed by atoms with E-state index in [1.165, 1.54) is 12.5 Å². The predicted octanol–water partition coefficient (Wildman–Crippen LogP) is 2.18. The van der Waals surface area contributed by atoms with Gasteiger partial charge in [0.25, 0.3) is 5.69 Å². The van der Waals surface area contributed by atoms with Crippen LogP contribution in [0.2, 0.25) is 0 Å². The van der Waals surface area contributed by atoms with Crippen molar-refractivity contribution in [1.29, 1.82) is 0 Å². The highest BCUT2D eigenvalue weighted by Crippen LogP contribution is 2.28. The monoisotopic (exact) mass is 279 g/mol. The molecular weight excluding hydrogens is 258 g/mol. The molecule has 1 unspecified atom stereocenters. The minimum atomic E-state index is -0.381. The van der Waals surface area contributed by atoms with Gasteiger partial charge in [0.1, 0.15) is 5.75 Å². The Morgan fingerprint density at radius 2 is 2.30 bits per heavy atom. The Kier molecular flexibility index (Phi) is 4.79. The minimum Gasteiger partial charge on any atom is -0.494 e. The van der Waals surface area contributed by atoms with Crippen LogP contribution in [0, 0.1) is 10.1 Å². The molecule has 1 atom stereocenters. The smallest absolute Gasteiger partial charge is 0.275 e. The molecule has 6 heteroatoms. The molecule has 110 valence electrons. The van der Waals surface area contributed by atoms with Gasteiger partial charge in [0.05, 0.1) is 17.6 Å². The molecule has 0 aromatic heterocycles. The van der Waals surface area contributed by atoms with Crippen LogP contribution in [0.25, 0.3) is 0 Å². The molecule has 1 heterocycles. The maximum Gasteiger partial charge on any atom is 0.275 e. The molecule has 6 nitrogen and oxygen atoms in total. The molecule has 1 aromatic carbocycles. The first-order chi connectivity index (χ1) is 9.60. The van der Waals surface area contributed by atoms with E-state index in [-0.39, 0.29) is 10.6 Å². The second kappa shape index (κ2) is 6.56. The fourth-order valence-corrected chi connectivity index (χ4v) is 2.49. The molecule has 20 heavy (non-hydrogen) atoms. The molecule has 0 spiro atoms. The summed E-state index contributed by atoms with van der Waals surface area (Å²) in [6, 6.07) is 5.37. The molecule has 0 amide bonds. The third kappa shape index (κ3) is 3.60. The summed E-state index contributed by atoms with van der Waals surface area (Å²) in [5.41, 5.74) is 0.883. The fraction of sp³-hybridized carbons (Fsp3) is 0.571. The molecule has 0 aliphatic carbocycles. The number of likely N-dealkylation sites (N-methyl/N-ethyl adjacent to an activating group) is 1. The van der Waals surface area contributed by atoms with E-state index in [0.717, 1.165) is 25.2 Å². The molecule has 1 aliphatic heterocycles. The van der Waals surface area contributed by atoms with Crippen molar-refractivity contribution >= 4 is 11.4 Å². The van der Waals surface area contributed by atoms with Gasteiger partial charge in [-0.1, -0.05) is 0 Å². The van der Waals surface area contributed by atoms with Crippen LogP contribution in [0.15, 0.2) is 18.2 Å². The average molecular weight is 279 g/mol. The summed E-state index contributed by atoms with van der Waals surface area (Å²) >= 11 is 0. The number of benzene rings is 1. The molecule has 0 bridgehead atoms. The number of nitro groups is 1. The Labute approximate surface area is 118 Å². The van der Waals surface area contributed by atoms with Crippen LogP contribution in [0.3, 0.4) is 0 Å². The molecule has 1 N–H and O–H groups in total. The molecule has 0 radical (unpaired) electrons. The summed E-state index contributed by atoms with van der Waals surface area (Å²) in [6.45, 7) is 4.25. The fourth-order valence-electron chi connectivity index (χ4n) is 2.49. The predicted molar refractivity (Wildman–Crippen MR) is 78.6 cm³/mol. The van der Waals surface area contributed by atoms with Crippen LogP contribution < -0.4 is 15.0 Å². The SMILES string of the molecule is CCOc1cc(N(C)CC2CCCN2)cc([N+](=O)[O-])c1. The highest BCUT2D eigenvalue weighted by atomic mass is 16.6. The van der Waals surface area contributed by atoms with Crippen molar-refractivity contribution < 1.29 is 9.66 Å². The first kappa shape index (κ1) is 14.6. The molecular formula is C14H21N3O3. The van der Waals surface area contributed by atoms with Crippen molar-refractivity contribution in [2.45, 2.75) is 25.8 Å². The number of nitrogens with zero attached hydrogens (tertiary/aromatic N) is 2. The average Bonchev–Trinajstić information content (AvgIpc) is 2.91. The van der Waals surface area contributed by atoms with E-state index >= 15 is 0 Å². The number of rotatable bonds is 6. The van der Waals surface area contributed by atoms with Gasteiger partial charge in [-0.05, 0) is 26.3 Å². The first-order valence-electron chi connectivity index (χ1n) is 6.97. The number of nitrogens with one attached hydrogen (secondary N) is 1. The Morgan fingerprint density at radius 1 is 1.50 bits per heavy atom. The second-order valence-electron chi connectivity index (χ2n) is 5.05. The van der Waals surface area contributed by atoms with E-state index in [1.54, 1.807) is 6.07 Å². The lowest BCUT2D eigenvalue weighted by Crippen LogP contribution is -2.35. The standard InChI is InChI=1S/C14H21N3O3/c1-3-20-14-8-12(7-13(9-14)17(18)19)16(2)10-11-5-4-6-15-11/h7-9,11,15H,3-6,10H2,1-2H3. The van der Waals surface area contributed by atoms with Gasteiger partial charge in [-0.25, -0.2) is 0 Å². The lowest BCUT2D eigenvalue weighted by atomic mass is 10.2. The van der Waals surface area contributed by atoms with Crippen molar-refractivity contribution in [3.63, 3.8) is 0 Å². The normalized spacial score (nSPS) is 18.0. The first-order valence-corrected chi connectivity index (χ1v) is 6.97. The van der Waals surface area contributed by atoms with Gasteiger partial charge in [-0.3, -0.25) is 10.1 Å². The van der Waals surface area contributed by atoms with Crippen molar-refractivity contribution in [3.8, 4) is 5.75 Å². The van der Waals surface area contributed by atoms with E-state index < -0.39 is 0 Å². The zero-order chi connectivity index (χ0) is 14.5. The number of hydrogen-bond donors (Lipinski definition) is 1. The molecule has 1 aliphatic rings. The number of ether oxygens (including phenoxy) is 1. The maximum atomic E-state index is 11.0. The van der Waals surface area contributed by atoms with Crippen molar-refractivity contribution in [2.24, 2.45) is 0 Å². The summed E-state index contributed by atoms with van der Waals surface area (Å²) in [5, 5.41) is 14.4.